The Bertz CT molecular complexity index is 487. The van der Waals surface area contributed by atoms with Crippen molar-refractivity contribution in [3.63, 3.8) is 0 Å². The van der Waals surface area contributed by atoms with Crippen LogP contribution in [0, 0.1) is 5.92 Å². The van der Waals surface area contributed by atoms with Gasteiger partial charge in [0.25, 0.3) is 0 Å². The highest BCUT2D eigenvalue weighted by Crippen LogP contribution is 2.30. The van der Waals surface area contributed by atoms with E-state index in [2.05, 4.69) is 10.2 Å². The number of nitrogens with one attached hydrogen (secondary N) is 1. The molecule has 2 aliphatic rings. The quantitative estimate of drug-likeness (QED) is 0.839. The normalized spacial score (nSPS) is 23.4. The second kappa shape index (κ2) is 7.25. The van der Waals surface area contributed by atoms with E-state index in [1.54, 1.807) is 0 Å². The Morgan fingerprint density at radius 1 is 1.32 bits per heavy atom. The molecule has 0 radical (unpaired) electrons. The summed E-state index contributed by atoms with van der Waals surface area (Å²) in [6, 6.07) is 10.3. The van der Waals surface area contributed by atoms with Gasteiger partial charge in [-0.15, -0.1) is 0 Å². The van der Waals surface area contributed by atoms with Crippen molar-refractivity contribution in [3.05, 3.63) is 35.9 Å². The third kappa shape index (κ3) is 4.55. The Morgan fingerprint density at radius 3 is 2.82 bits per heavy atom. The Kier molecular flexibility index (Phi) is 5.11. The monoisotopic (exact) mass is 302 g/mol. The van der Waals surface area contributed by atoms with Crippen LogP contribution in [-0.2, 0) is 16.1 Å². The van der Waals surface area contributed by atoms with Gasteiger partial charge in [-0.1, -0.05) is 30.3 Å². The molecule has 1 heterocycles. The molecular formula is C18H26N2O2. The molecule has 0 spiro atoms. The van der Waals surface area contributed by atoms with Crippen molar-refractivity contribution in [2.45, 2.75) is 44.9 Å². The number of likely N-dealkylation sites (tertiary alicyclic amines) is 1. The molecule has 0 bridgehead atoms. The van der Waals surface area contributed by atoms with Crippen LogP contribution in [0.3, 0.4) is 0 Å². The molecule has 1 saturated heterocycles. The summed E-state index contributed by atoms with van der Waals surface area (Å²) in [5.74, 6) is 0.928. The fraction of sp³-hybridized carbons (Fsp3) is 0.611. The SMILES string of the molecule is CC(OCc1ccccc1)C(=O)NC1CCN(CC2CC2)C1. The van der Waals surface area contributed by atoms with E-state index < -0.39 is 6.10 Å². The smallest absolute Gasteiger partial charge is 0.249 e. The number of hydrogen-bond donors (Lipinski definition) is 1. The molecule has 1 aromatic carbocycles. The molecule has 1 saturated carbocycles. The fourth-order valence-corrected chi connectivity index (χ4v) is 2.97. The molecule has 1 aliphatic heterocycles. The van der Waals surface area contributed by atoms with Gasteiger partial charge in [0.2, 0.25) is 5.91 Å². The molecule has 1 N–H and O–H groups in total. The van der Waals surface area contributed by atoms with E-state index in [1.165, 1.54) is 19.4 Å². The molecule has 2 atom stereocenters. The topological polar surface area (TPSA) is 41.6 Å². The first-order chi connectivity index (χ1) is 10.7. The van der Waals surface area contributed by atoms with Crippen molar-refractivity contribution in [2.24, 2.45) is 5.92 Å². The van der Waals surface area contributed by atoms with Gasteiger partial charge in [-0.25, -0.2) is 0 Å². The minimum Gasteiger partial charge on any atom is -0.364 e. The maximum Gasteiger partial charge on any atom is 0.249 e. The van der Waals surface area contributed by atoms with Crippen LogP contribution >= 0.6 is 0 Å². The van der Waals surface area contributed by atoms with Crippen LogP contribution < -0.4 is 5.32 Å². The second-order valence-corrected chi connectivity index (χ2v) is 6.64. The maximum absolute atomic E-state index is 12.2. The fourth-order valence-electron chi connectivity index (χ4n) is 2.97. The van der Waals surface area contributed by atoms with Gasteiger partial charge in [-0.05, 0) is 37.7 Å². The Hall–Kier alpha value is -1.39. The van der Waals surface area contributed by atoms with E-state index in [1.807, 2.05) is 37.3 Å². The number of carbonyl (C=O) groups is 1. The first kappa shape index (κ1) is 15.5. The lowest BCUT2D eigenvalue weighted by Gasteiger charge is -2.18. The van der Waals surface area contributed by atoms with Gasteiger partial charge in [0, 0.05) is 25.7 Å². The number of rotatable bonds is 7. The molecule has 0 aromatic heterocycles. The van der Waals surface area contributed by atoms with Crippen LogP contribution in [0.4, 0.5) is 0 Å². The van der Waals surface area contributed by atoms with Crippen molar-refractivity contribution < 1.29 is 9.53 Å². The van der Waals surface area contributed by atoms with E-state index in [9.17, 15) is 4.79 Å². The number of hydrogen-bond acceptors (Lipinski definition) is 3. The minimum atomic E-state index is -0.405. The first-order valence-corrected chi connectivity index (χ1v) is 8.39. The van der Waals surface area contributed by atoms with E-state index in [0.29, 0.717) is 6.61 Å². The number of nitrogens with zero attached hydrogens (tertiary/aromatic N) is 1. The maximum atomic E-state index is 12.2. The standard InChI is InChI=1S/C18H26N2O2/c1-14(22-13-16-5-3-2-4-6-16)18(21)19-17-9-10-20(12-17)11-15-7-8-15/h2-6,14-15,17H,7-13H2,1H3,(H,19,21). The highest BCUT2D eigenvalue weighted by Gasteiger charge is 2.30. The molecule has 2 fully saturated rings. The Labute approximate surface area is 132 Å². The molecular weight excluding hydrogens is 276 g/mol. The zero-order valence-corrected chi connectivity index (χ0v) is 13.3. The van der Waals surface area contributed by atoms with Crippen LogP contribution in [-0.4, -0.2) is 42.6 Å². The summed E-state index contributed by atoms with van der Waals surface area (Å²) >= 11 is 0. The average Bonchev–Trinajstić information content (AvgIpc) is 3.24. The van der Waals surface area contributed by atoms with Gasteiger partial charge in [0.15, 0.2) is 0 Å². The van der Waals surface area contributed by atoms with Crippen LogP contribution in [0.2, 0.25) is 0 Å². The second-order valence-electron chi connectivity index (χ2n) is 6.64. The predicted octanol–water partition coefficient (Wildman–Crippen LogP) is 2.19. The summed E-state index contributed by atoms with van der Waals surface area (Å²) < 4.78 is 5.68. The van der Waals surface area contributed by atoms with Gasteiger partial charge in [0.1, 0.15) is 6.10 Å². The van der Waals surface area contributed by atoms with Gasteiger partial charge in [-0.3, -0.25) is 4.79 Å². The summed E-state index contributed by atoms with van der Waals surface area (Å²) in [5.41, 5.74) is 1.10. The third-order valence-corrected chi connectivity index (χ3v) is 4.54. The molecule has 1 aromatic rings. The van der Waals surface area contributed by atoms with Crippen molar-refractivity contribution in [1.82, 2.24) is 10.2 Å². The van der Waals surface area contributed by atoms with E-state index in [0.717, 1.165) is 31.0 Å². The van der Waals surface area contributed by atoms with Crippen molar-refractivity contribution in [3.8, 4) is 0 Å². The van der Waals surface area contributed by atoms with Crippen LogP contribution in [0.5, 0.6) is 0 Å². The van der Waals surface area contributed by atoms with Gasteiger partial charge >= 0.3 is 0 Å². The number of carbonyl (C=O) groups excluding carboxylic acids is 1. The lowest BCUT2D eigenvalue weighted by molar-refractivity contribution is -0.133. The zero-order chi connectivity index (χ0) is 15.4. The van der Waals surface area contributed by atoms with E-state index >= 15 is 0 Å². The molecule has 4 nitrogen and oxygen atoms in total. The lowest BCUT2D eigenvalue weighted by Crippen LogP contribution is -2.42. The Balaban J connectivity index is 1.37. The summed E-state index contributed by atoms with van der Waals surface area (Å²) in [5, 5.41) is 3.13. The first-order valence-electron chi connectivity index (χ1n) is 8.39. The third-order valence-electron chi connectivity index (χ3n) is 4.54. The lowest BCUT2D eigenvalue weighted by atomic mass is 10.2. The number of benzene rings is 1. The van der Waals surface area contributed by atoms with Gasteiger partial charge in [0.05, 0.1) is 6.61 Å². The average molecular weight is 302 g/mol. The molecule has 4 heteroatoms. The summed E-state index contributed by atoms with van der Waals surface area (Å²) in [6.07, 6.45) is 3.43. The van der Waals surface area contributed by atoms with Gasteiger partial charge < -0.3 is 15.0 Å². The predicted molar refractivity (Wildman–Crippen MR) is 86.4 cm³/mol. The van der Waals surface area contributed by atoms with Crippen molar-refractivity contribution in [1.29, 1.82) is 0 Å². The van der Waals surface area contributed by atoms with Crippen LogP contribution in [0.1, 0.15) is 31.7 Å². The molecule has 1 amide bonds. The molecule has 22 heavy (non-hydrogen) atoms. The zero-order valence-electron chi connectivity index (χ0n) is 13.3. The molecule has 3 rings (SSSR count). The van der Waals surface area contributed by atoms with E-state index in [4.69, 9.17) is 4.74 Å². The molecule has 120 valence electrons. The number of amides is 1. The highest BCUT2D eigenvalue weighted by atomic mass is 16.5. The largest absolute Gasteiger partial charge is 0.364 e. The molecule has 2 unspecified atom stereocenters. The van der Waals surface area contributed by atoms with E-state index in [-0.39, 0.29) is 11.9 Å². The summed E-state index contributed by atoms with van der Waals surface area (Å²) in [6.45, 7) is 5.63. The van der Waals surface area contributed by atoms with Crippen molar-refractivity contribution >= 4 is 5.91 Å². The van der Waals surface area contributed by atoms with Crippen molar-refractivity contribution in [2.75, 3.05) is 19.6 Å². The molecule has 1 aliphatic carbocycles. The minimum absolute atomic E-state index is 0.00852. The summed E-state index contributed by atoms with van der Waals surface area (Å²) in [7, 11) is 0. The van der Waals surface area contributed by atoms with Gasteiger partial charge in [-0.2, -0.15) is 0 Å². The number of ether oxygens (including phenoxy) is 1. The van der Waals surface area contributed by atoms with Crippen LogP contribution in [0.15, 0.2) is 30.3 Å². The Morgan fingerprint density at radius 2 is 2.09 bits per heavy atom. The highest BCUT2D eigenvalue weighted by molar-refractivity contribution is 5.80. The summed E-state index contributed by atoms with van der Waals surface area (Å²) in [4.78, 5) is 14.7. The van der Waals surface area contributed by atoms with Crippen LogP contribution in [0.25, 0.3) is 0 Å².